The van der Waals surface area contributed by atoms with Crippen molar-refractivity contribution in [2.75, 3.05) is 14.2 Å². The number of carbonyl (C=O) groups excluding carboxylic acids is 1. The number of carbonyl (C=O) groups is 2. The Morgan fingerprint density at radius 2 is 1.79 bits per heavy atom. The van der Waals surface area contributed by atoms with Gasteiger partial charge in [0.05, 0.1) is 32.4 Å². The molecular weight excluding hydrogens is 379 g/mol. The number of nitrogens with zero attached hydrogens (tertiary/aromatic N) is 2. The number of carboxylic acids is 1. The van der Waals surface area contributed by atoms with Crippen LogP contribution in [0.5, 0.6) is 11.5 Å². The van der Waals surface area contributed by atoms with Crippen LogP contribution in [-0.4, -0.2) is 41.9 Å². The van der Waals surface area contributed by atoms with Gasteiger partial charge in [-0.3, -0.25) is 9.59 Å². The second-order valence-corrected chi connectivity index (χ2v) is 6.52. The molecule has 0 radical (unpaired) electrons. The summed E-state index contributed by atoms with van der Waals surface area (Å²) in [4.78, 5) is 23.5. The van der Waals surface area contributed by atoms with E-state index in [-0.39, 0.29) is 18.7 Å². The number of hydrogen-bond acceptors (Lipinski definition) is 5. The predicted molar refractivity (Wildman–Crippen MR) is 104 cm³/mol. The van der Waals surface area contributed by atoms with Gasteiger partial charge in [0.2, 0.25) is 5.91 Å². The Hall–Kier alpha value is -3.42. The van der Waals surface area contributed by atoms with Crippen LogP contribution >= 0.6 is 0 Å². The number of hydrogen-bond donors (Lipinski definition) is 1. The summed E-state index contributed by atoms with van der Waals surface area (Å²) in [6, 6.07) is 10.7. The molecule has 1 unspecified atom stereocenters. The summed E-state index contributed by atoms with van der Waals surface area (Å²) in [5.41, 5.74) is 2.11. The Labute approximate surface area is 167 Å². The molecule has 0 saturated carbocycles. The van der Waals surface area contributed by atoms with E-state index in [0.717, 1.165) is 5.56 Å². The lowest BCUT2D eigenvalue weighted by Crippen LogP contribution is -2.27. The fourth-order valence-corrected chi connectivity index (χ4v) is 3.20. The van der Waals surface area contributed by atoms with Crippen LogP contribution in [0.15, 0.2) is 47.6 Å². The van der Waals surface area contributed by atoms with E-state index in [2.05, 4.69) is 5.10 Å². The first-order valence-corrected chi connectivity index (χ1v) is 9.02. The Kier molecular flexibility index (Phi) is 6.11. The summed E-state index contributed by atoms with van der Waals surface area (Å²) in [7, 11) is 3.07. The number of hydrazone groups is 1. The van der Waals surface area contributed by atoms with Gasteiger partial charge in [0.1, 0.15) is 5.82 Å². The maximum atomic E-state index is 13.3. The van der Waals surface area contributed by atoms with Crippen molar-refractivity contribution in [2.45, 2.75) is 25.3 Å². The molecule has 0 saturated heterocycles. The third-order valence-corrected chi connectivity index (χ3v) is 4.69. The SMILES string of the molecule is COc1ccc(C2=NN(C(=O)CCC(=O)O)C(c3ccc(F)cc3)C2)cc1OC. The number of benzene rings is 2. The zero-order valence-corrected chi connectivity index (χ0v) is 16.1. The Morgan fingerprint density at radius 1 is 1.10 bits per heavy atom. The molecule has 1 amide bonds. The van der Waals surface area contributed by atoms with Crippen molar-refractivity contribution in [1.29, 1.82) is 0 Å². The molecule has 152 valence electrons. The van der Waals surface area contributed by atoms with E-state index < -0.39 is 17.9 Å². The lowest BCUT2D eigenvalue weighted by molar-refractivity contribution is -0.141. The van der Waals surface area contributed by atoms with Crippen molar-refractivity contribution in [2.24, 2.45) is 5.10 Å². The van der Waals surface area contributed by atoms with Gasteiger partial charge in [0.25, 0.3) is 0 Å². The first kappa shape index (κ1) is 20.3. The average Bonchev–Trinajstić information content (AvgIpc) is 3.17. The topological polar surface area (TPSA) is 88.4 Å². The standard InChI is InChI=1S/C21H21FN2O5/c1-28-18-8-5-14(11-19(18)29-2)16-12-17(13-3-6-15(22)7-4-13)24(23-16)20(25)9-10-21(26)27/h3-8,11,17H,9-10,12H2,1-2H3,(H,26,27). The highest BCUT2D eigenvalue weighted by Gasteiger charge is 2.33. The van der Waals surface area contributed by atoms with Gasteiger partial charge < -0.3 is 14.6 Å². The van der Waals surface area contributed by atoms with Crippen molar-refractivity contribution in [3.63, 3.8) is 0 Å². The highest BCUT2D eigenvalue weighted by atomic mass is 19.1. The van der Waals surface area contributed by atoms with Crippen LogP contribution in [0.2, 0.25) is 0 Å². The van der Waals surface area contributed by atoms with E-state index in [0.29, 0.717) is 29.2 Å². The lowest BCUT2D eigenvalue weighted by Gasteiger charge is -2.21. The second-order valence-electron chi connectivity index (χ2n) is 6.52. The second kappa shape index (κ2) is 8.72. The molecule has 1 heterocycles. The summed E-state index contributed by atoms with van der Waals surface area (Å²) in [5, 5.41) is 14.6. The number of ether oxygens (including phenoxy) is 2. The van der Waals surface area contributed by atoms with Crippen LogP contribution in [-0.2, 0) is 9.59 Å². The molecular formula is C21H21FN2O5. The zero-order chi connectivity index (χ0) is 21.0. The molecule has 0 aromatic heterocycles. The Bertz CT molecular complexity index is 943. The number of halogens is 1. The van der Waals surface area contributed by atoms with Crippen molar-refractivity contribution in [3.05, 3.63) is 59.4 Å². The van der Waals surface area contributed by atoms with Gasteiger partial charge in [-0.1, -0.05) is 12.1 Å². The Balaban J connectivity index is 1.94. The van der Waals surface area contributed by atoms with Gasteiger partial charge >= 0.3 is 5.97 Å². The smallest absolute Gasteiger partial charge is 0.303 e. The van der Waals surface area contributed by atoms with Gasteiger partial charge in [-0.15, -0.1) is 0 Å². The minimum absolute atomic E-state index is 0.171. The van der Waals surface area contributed by atoms with E-state index >= 15 is 0 Å². The molecule has 2 aromatic carbocycles. The van der Waals surface area contributed by atoms with Crippen LogP contribution in [0.25, 0.3) is 0 Å². The molecule has 8 heteroatoms. The molecule has 0 bridgehead atoms. The summed E-state index contributed by atoms with van der Waals surface area (Å²) in [6.07, 6.45) is -0.0532. The minimum atomic E-state index is -1.06. The number of rotatable bonds is 7. The molecule has 0 aliphatic carbocycles. The molecule has 7 nitrogen and oxygen atoms in total. The summed E-state index contributed by atoms with van der Waals surface area (Å²) < 4.78 is 23.9. The molecule has 1 aliphatic heterocycles. The molecule has 3 rings (SSSR count). The van der Waals surface area contributed by atoms with E-state index in [1.54, 1.807) is 24.3 Å². The van der Waals surface area contributed by atoms with Crippen molar-refractivity contribution >= 4 is 17.6 Å². The molecule has 0 fully saturated rings. The summed E-state index contributed by atoms with van der Waals surface area (Å²) in [5.74, 6) is -0.741. The van der Waals surface area contributed by atoms with Gasteiger partial charge in [-0.25, -0.2) is 9.40 Å². The Morgan fingerprint density at radius 3 is 2.41 bits per heavy atom. The van der Waals surface area contributed by atoms with Gasteiger partial charge in [0.15, 0.2) is 11.5 Å². The monoisotopic (exact) mass is 400 g/mol. The first-order valence-electron chi connectivity index (χ1n) is 9.02. The number of carboxylic acid groups (broad SMARTS) is 1. The van der Waals surface area contributed by atoms with Gasteiger partial charge in [-0.2, -0.15) is 5.10 Å². The van der Waals surface area contributed by atoms with Crippen molar-refractivity contribution < 1.29 is 28.6 Å². The molecule has 1 N–H and O–H groups in total. The third kappa shape index (κ3) is 4.53. The number of amides is 1. The highest BCUT2D eigenvalue weighted by molar-refractivity contribution is 6.03. The fraction of sp³-hybridized carbons (Fsp3) is 0.286. The van der Waals surface area contributed by atoms with Crippen LogP contribution in [0.4, 0.5) is 4.39 Å². The predicted octanol–water partition coefficient (Wildman–Crippen LogP) is 3.39. The summed E-state index contributed by atoms with van der Waals surface area (Å²) in [6.45, 7) is 0. The summed E-state index contributed by atoms with van der Waals surface area (Å²) >= 11 is 0. The van der Waals surface area contributed by atoms with Crippen LogP contribution in [0, 0.1) is 5.82 Å². The molecule has 29 heavy (non-hydrogen) atoms. The minimum Gasteiger partial charge on any atom is -0.493 e. The molecule has 0 spiro atoms. The van der Waals surface area contributed by atoms with E-state index in [9.17, 15) is 14.0 Å². The zero-order valence-electron chi connectivity index (χ0n) is 16.1. The van der Waals surface area contributed by atoms with E-state index in [1.165, 1.54) is 31.4 Å². The molecule has 1 aliphatic rings. The lowest BCUT2D eigenvalue weighted by atomic mass is 9.98. The van der Waals surface area contributed by atoms with Crippen LogP contribution in [0.3, 0.4) is 0 Å². The van der Waals surface area contributed by atoms with Crippen LogP contribution in [0.1, 0.15) is 36.4 Å². The first-order chi connectivity index (χ1) is 13.9. The molecule has 2 aromatic rings. The quantitative estimate of drug-likeness (QED) is 0.770. The fourth-order valence-electron chi connectivity index (χ4n) is 3.20. The third-order valence-electron chi connectivity index (χ3n) is 4.69. The number of methoxy groups -OCH3 is 2. The number of aliphatic carboxylic acids is 1. The van der Waals surface area contributed by atoms with Crippen LogP contribution < -0.4 is 9.47 Å². The largest absolute Gasteiger partial charge is 0.493 e. The van der Waals surface area contributed by atoms with Gasteiger partial charge in [-0.05, 0) is 35.9 Å². The van der Waals surface area contributed by atoms with E-state index in [4.69, 9.17) is 14.6 Å². The normalized spacial score (nSPS) is 15.8. The molecule has 1 atom stereocenters. The maximum Gasteiger partial charge on any atom is 0.303 e. The van der Waals surface area contributed by atoms with Crippen molar-refractivity contribution in [3.8, 4) is 11.5 Å². The average molecular weight is 400 g/mol. The van der Waals surface area contributed by atoms with E-state index in [1.807, 2.05) is 6.07 Å². The highest BCUT2D eigenvalue weighted by Crippen LogP contribution is 2.35. The van der Waals surface area contributed by atoms with Crippen molar-refractivity contribution in [1.82, 2.24) is 5.01 Å². The van der Waals surface area contributed by atoms with Gasteiger partial charge in [0, 0.05) is 18.4 Å². The maximum absolute atomic E-state index is 13.3.